The highest BCUT2D eigenvalue weighted by molar-refractivity contribution is 6.47. The van der Waals surface area contributed by atoms with Gasteiger partial charge in [0.15, 0.2) is 5.78 Å². The molecule has 0 spiro atoms. The van der Waals surface area contributed by atoms with E-state index in [0.717, 1.165) is 5.56 Å². The number of rotatable bonds is 6. The number of para-hydroxylation sites is 1. The van der Waals surface area contributed by atoms with Crippen molar-refractivity contribution in [1.82, 2.24) is 0 Å². The van der Waals surface area contributed by atoms with Crippen LogP contribution in [0.4, 0.5) is 0 Å². The van der Waals surface area contributed by atoms with Gasteiger partial charge in [-0.05, 0) is 25.0 Å². The zero-order valence-electron chi connectivity index (χ0n) is 12.3. The predicted octanol–water partition coefficient (Wildman–Crippen LogP) is 1.67. The Morgan fingerprint density at radius 1 is 1.48 bits per heavy atom. The lowest BCUT2D eigenvalue weighted by Crippen LogP contribution is -2.35. The number of benzene rings is 1. The fraction of sp³-hybridized carbons (Fsp3) is 0.467. The predicted molar refractivity (Wildman–Crippen MR) is 78.6 cm³/mol. The van der Waals surface area contributed by atoms with Crippen LogP contribution >= 0.6 is 0 Å². The van der Waals surface area contributed by atoms with Gasteiger partial charge in [0, 0.05) is 25.8 Å². The van der Waals surface area contributed by atoms with Crippen molar-refractivity contribution in [2.45, 2.75) is 32.0 Å². The second kappa shape index (κ2) is 6.87. The molecule has 6 heteroatoms. The Morgan fingerprint density at radius 2 is 2.24 bits per heavy atom. The van der Waals surface area contributed by atoms with Gasteiger partial charge in [-0.2, -0.15) is 0 Å². The van der Waals surface area contributed by atoms with Gasteiger partial charge in [0.05, 0.1) is 12.2 Å². The molecule has 0 amide bonds. The second-order valence-electron chi connectivity index (χ2n) is 5.31. The van der Waals surface area contributed by atoms with E-state index in [1.54, 1.807) is 19.2 Å². The number of methoxy groups -OCH3 is 1. The molecular weight excluding hydrogens is 271 g/mol. The summed E-state index contributed by atoms with van der Waals surface area (Å²) in [6, 6.07) is 5.33. The first-order valence-corrected chi connectivity index (χ1v) is 7.01. The summed E-state index contributed by atoms with van der Waals surface area (Å²) in [6.07, 6.45) is 1.10. The van der Waals surface area contributed by atoms with Gasteiger partial charge in [-0.15, -0.1) is 0 Å². The monoisotopic (exact) mass is 290 g/mol. The van der Waals surface area contributed by atoms with Gasteiger partial charge in [-0.1, -0.05) is 12.1 Å². The Balaban J connectivity index is 2.12. The standard InChI is InChI=1S/C15H19BO5/c1-10(17)14-5-3-4-11-8-12(16(19)21-15(11)14)9-13(18)6-7-20-2/h3-5,12,19H,6-9H2,1-2H3/t12-/m1/s1. The molecule has 1 aliphatic rings. The molecule has 0 radical (unpaired) electrons. The number of carbonyl (C=O) groups excluding carboxylic acids is 2. The molecule has 0 bridgehead atoms. The third-order valence-corrected chi connectivity index (χ3v) is 3.67. The molecule has 112 valence electrons. The van der Waals surface area contributed by atoms with Crippen molar-refractivity contribution in [3.8, 4) is 5.75 Å². The lowest BCUT2D eigenvalue weighted by atomic mass is 9.64. The first-order valence-electron chi connectivity index (χ1n) is 7.01. The van der Waals surface area contributed by atoms with Crippen LogP contribution in [-0.2, 0) is 16.0 Å². The number of Topliss-reactive ketones (excluding diaryl/α,β-unsaturated/α-hetero) is 2. The molecule has 0 unspecified atom stereocenters. The van der Waals surface area contributed by atoms with E-state index >= 15 is 0 Å². The average molecular weight is 290 g/mol. The van der Waals surface area contributed by atoms with E-state index < -0.39 is 7.12 Å². The summed E-state index contributed by atoms with van der Waals surface area (Å²) < 4.78 is 10.4. The van der Waals surface area contributed by atoms with E-state index in [9.17, 15) is 14.6 Å². The second-order valence-corrected chi connectivity index (χ2v) is 5.31. The molecule has 0 aliphatic carbocycles. The van der Waals surface area contributed by atoms with Crippen LogP contribution in [0.3, 0.4) is 0 Å². The number of hydrogen-bond acceptors (Lipinski definition) is 5. The third-order valence-electron chi connectivity index (χ3n) is 3.67. The van der Waals surface area contributed by atoms with Crippen molar-refractivity contribution in [3.63, 3.8) is 0 Å². The van der Waals surface area contributed by atoms with Crippen LogP contribution in [-0.4, -0.2) is 37.4 Å². The van der Waals surface area contributed by atoms with E-state index in [-0.39, 0.29) is 23.8 Å². The number of ketones is 2. The van der Waals surface area contributed by atoms with E-state index in [1.807, 2.05) is 6.07 Å². The van der Waals surface area contributed by atoms with Crippen molar-refractivity contribution < 1.29 is 24.0 Å². The summed E-state index contributed by atoms with van der Waals surface area (Å²) in [5, 5.41) is 10.1. The van der Waals surface area contributed by atoms with Crippen LogP contribution in [0, 0.1) is 0 Å². The topological polar surface area (TPSA) is 72.8 Å². The van der Waals surface area contributed by atoms with Gasteiger partial charge < -0.3 is 14.4 Å². The summed E-state index contributed by atoms with van der Waals surface area (Å²) in [7, 11) is 0.482. The van der Waals surface area contributed by atoms with Crippen molar-refractivity contribution in [2.24, 2.45) is 0 Å². The van der Waals surface area contributed by atoms with E-state index in [2.05, 4.69) is 0 Å². The Kier molecular flexibility index (Phi) is 5.14. The highest BCUT2D eigenvalue weighted by atomic mass is 16.5. The zero-order valence-corrected chi connectivity index (χ0v) is 12.3. The maximum Gasteiger partial charge on any atom is 0.526 e. The SMILES string of the molecule is COCCC(=O)C[C@H]1Cc2cccc(C(C)=O)c2OB1O. The Bertz CT molecular complexity index is 543. The van der Waals surface area contributed by atoms with Gasteiger partial charge in [0.25, 0.3) is 0 Å². The fourth-order valence-corrected chi connectivity index (χ4v) is 2.55. The van der Waals surface area contributed by atoms with Crippen LogP contribution in [0.1, 0.15) is 35.7 Å². The Hall–Kier alpha value is -1.66. The van der Waals surface area contributed by atoms with Crippen molar-refractivity contribution in [1.29, 1.82) is 0 Å². The maximum absolute atomic E-state index is 11.8. The quantitative estimate of drug-likeness (QED) is 0.637. The molecule has 0 fully saturated rings. The number of hydrogen-bond donors (Lipinski definition) is 1. The highest BCUT2D eigenvalue weighted by Gasteiger charge is 2.37. The van der Waals surface area contributed by atoms with Gasteiger partial charge >= 0.3 is 7.12 Å². The van der Waals surface area contributed by atoms with Crippen LogP contribution < -0.4 is 4.65 Å². The van der Waals surface area contributed by atoms with E-state index in [1.165, 1.54) is 6.92 Å². The van der Waals surface area contributed by atoms with E-state index in [4.69, 9.17) is 9.39 Å². The first kappa shape index (κ1) is 15.7. The zero-order chi connectivity index (χ0) is 15.4. The minimum atomic E-state index is -1.07. The molecule has 5 nitrogen and oxygen atoms in total. The van der Waals surface area contributed by atoms with Crippen molar-refractivity contribution in [2.75, 3.05) is 13.7 Å². The molecule has 21 heavy (non-hydrogen) atoms. The number of carbonyl (C=O) groups is 2. The fourth-order valence-electron chi connectivity index (χ4n) is 2.55. The number of fused-ring (bicyclic) bond motifs is 1. The van der Waals surface area contributed by atoms with Gasteiger partial charge in [-0.25, -0.2) is 0 Å². The summed E-state index contributed by atoms with van der Waals surface area (Å²) >= 11 is 0. The van der Waals surface area contributed by atoms with Gasteiger partial charge in [0.2, 0.25) is 0 Å². The molecule has 2 rings (SSSR count). The Labute approximate surface area is 124 Å². The van der Waals surface area contributed by atoms with Crippen LogP contribution in [0.25, 0.3) is 0 Å². The van der Waals surface area contributed by atoms with E-state index in [0.29, 0.717) is 30.8 Å². The third kappa shape index (κ3) is 3.71. The lowest BCUT2D eigenvalue weighted by Gasteiger charge is -2.28. The summed E-state index contributed by atoms with van der Waals surface area (Å²) in [5.41, 5.74) is 1.33. The van der Waals surface area contributed by atoms with Crippen molar-refractivity contribution in [3.05, 3.63) is 29.3 Å². The molecule has 1 heterocycles. The number of ether oxygens (including phenoxy) is 1. The largest absolute Gasteiger partial charge is 0.535 e. The molecule has 0 saturated heterocycles. The molecular formula is C15H19BO5. The molecule has 1 atom stereocenters. The molecule has 1 N–H and O–H groups in total. The van der Waals surface area contributed by atoms with Crippen LogP contribution in [0.5, 0.6) is 5.75 Å². The normalized spacial score (nSPS) is 17.1. The maximum atomic E-state index is 11.8. The molecule has 1 aromatic rings. The summed E-state index contributed by atoms with van der Waals surface area (Å²) in [4.78, 5) is 23.4. The van der Waals surface area contributed by atoms with Crippen LogP contribution in [0.2, 0.25) is 5.82 Å². The summed E-state index contributed by atoms with van der Waals surface area (Å²) in [5.74, 6) is 0.0894. The highest BCUT2D eigenvalue weighted by Crippen LogP contribution is 2.36. The average Bonchev–Trinajstić information content (AvgIpc) is 2.45. The first-order chi connectivity index (χ1) is 10.0. The summed E-state index contributed by atoms with van der Waals surface area (Å²) in [6.45, 7) is 1.85. The smallest absolute Gasteiger partial charge is 0.526 e. The molecule has 0 saturated carbocycles. The van der Waals surface area contributed by atoms with Crippen molar-refractivity contribution >= 4 is 18.7 Å². The molecule has 1 aliphatic heterocycles. The molecule has 0 aromatic heterocycles. The minimum absolute atomic E-state index is 0.0377. The minimum Gasteiger partial charge on any atom is -0.535 e. The van der Waals surface area contributed by atoms with Gasteiger partial charge in [0.1, 0.15) is 11.5 Å². The van der Waals surface area contributed by atoms with Crippen LogP contribution in [0.15, 0.2) is 18.2 Å². The van der Waals surface area contributed by atoms with Gasteiger partial charge in [-0.3, -0.25) is 9.59 Å². The lowest BCUT2D eigenvalue weighted by molar-refractivity contribution is -0.120. The Morgan fingerprint density at radius 3 is 2.90 bits per heavy atom. The molecule has 1 aromatic carbocycles.